The first-order chi connectivity index (χ1) is 16.1. The van der Waals surface area contributed by atoms with E-state index in [-0.39, 0.29) is 0 Å². The number of ether oxygens (including phenoxy) is 5. The Bertz CT molecular complexity index is 754. The van der Waals surface area contributed by atoms with Gasteiger partial charge in [0.25, 0.3) is 0 Å². The second kappa shape index (κ2) is 12.3. The lowest BCUT2D eigenvalue weighted by molar-refractivity contribution is -0.241. The molecular formula is C23H42N2O8S. The van der Waals surface area contributed by atoms with Crippen molar-refractivity contribution >= 4 is 16.3 Å². The summed E-state index contributed by atoms with van der Waals surface area (Å²) in [7, 11) is -3.96. The summed E-state index contributed by atoms with van der Waals surface area (Å²) in [6, 6.07) is 0. The van der Waals surface area contributed by atoms with Gasteiger partial charge in [-0.1, -0.05) is 45.4 Å². The quantitative estimate of drug-likeness (QED) is 0.424. The highest BCUT2D eigenvalue weighted by atomic mass is 32.2. The molecule has 3 aliphatic heterocycles. The van der Waals surface area contributed by atoms with Gasteiger partial charge in [0, 0.05) is 19.7 Å². The van der Waals surface area contributed by atoms with Crippen LogP contribution in [0.4, 0.5) is 4.79 Å². The fourth-order valence-corrected chi connectivity index (χ4v) is 5.85. The molecule has 1 N–H and O–H groups in total. The zero-order chi connectivity index (χ0) is 24.8. The van der Waals surface area contributed by atoms with E-state index in [2.05, 4.69) is 6.92 Å². The summed E-state index contributed by atoms with van der Waals surface area (Å²) in [5.74, 6) is -0.821. The molecule has 3 aliphatic rings. The van der Waals surface area contributed by atoms with E-state index in [0.717, 1.165) is 38.5 Å². The van der Waals surface area contributed by atoms with Gasteiger partial charge in [0.1, 0.15) is 24.4 Å². The molecule has 5 atom stereocenters. The zero-order valence-corrected chi connectivity index (χ0v) is 21.8. The first kappa shape index (κ1) is 27.6. The van der Waals surface area contributed by atoms with E-state index in [9.17, 15) is 13.2 Å². The molecule has 11 heteroatoms. The summed E-state index contributed by atoms with van der Waals surface area (Å²) in [5, 5.41) is 0. The van der Waals surface area contributed by atoms with Gasteiger partial charge in [-0.2, -0.15) is 12.7 Å². The third kappa shape index (κ3) is 7.51. The Morgan fingerprint density at radius 3 is 2.38 bits per heavy atom. The first-order valence-corrected chi connectivity index (χ1v) is 14.2. The molecule has 0 aromatic rings. The Kier molecular flexibility index (Phi) is 10.00. The second-order valence-electron chi connectivity index (χ2n) is 9.85. The molecule has 3 fully saturated rings. The summed E-state index contributed by atoms with van der Waals surface area (Å²) in [5.41, 5.74) is 0. The van der Waals surface area contributed by atoms with Crippen LogP contribution in [0, 0.1) is 0 Å². The van der Waals surface area contributed by atoms with Crippen LogP contribution in [0.15, 0.2) is 0 Å². The average Bonchev–Trinajstić information content (AvgIpc) is 3.08. The van der Waals surface area contributed by atoms with E-state index in [1.165, 1.54) is 23.6 Å². The maximum absolute atomic E-state index is 12.6. The number of amides is 1. The molecule has 0 radical (unpaired) electrons. The third-order valence-electron chi connectivity index (χ3n) is 6.45. The summed E-state index contributed by atoms with van der Waals surface area (Å²) < 4.78 is 58.0. The molecule has 0 aliphatic carbocycles. The van der Waals surface area contributed by atoms with E-state index in [1.54, 1.807) is 6.92 Å². The van der Waals surface area contributed by atoms with Crippen molar-refractivity contribution in [2.75, 3.05) is 19.7 Å². The minimum Gasteiger partial charge on any atom is -0.443 e. The van der Waals surface area contributed by atoms with Gasteiger partial charge in [0.05, 0.1) is 0 Å². The van der Waals surface area contributed by atoms with Crippen molar-refractivity contribution in [1.29, 1.82) is 0 Å². The van der Waals surface area contributed by atoms with Crippen molar-refractivity contribution in [3.8, 4) is 0 Å². The molecule has 3 rings (SSSR count). The number of nitrogens with zero attached hydrogens (tertiary/aromatic N) is 1. The minimum atomic E-state index is -3.96. The lowest BCUT2D eigenvalue weighted by Gasteiger charge is -2.27. The SMILES string of the molecule is CCCCCCCO[C@H]1O[C@H]([C@@H](C)OC(=O)NS(=O)(=O)N2CCCCCC2)[C@@H]2OC(C)(C)O[C@H]12. The monoisotopic (exact) mass is 506 g/mol. The van der Waals surface area contributed by atoms with Gasteiger partial charge >= 0.3 is 16.3 Å². The number of carbonyl (C=O) groups excluding carboxylic acids is 1. The molecule has 10 nitrogen and oxygen atoms in total. The van der Waals surface area contributed by atoms with Crippen LogP contribution in [0.3, 0.4) is 0 Å². The highest BCUT2D eigenvalue weighted by Gasteiger charge is 2.57. The number of nitrogens with one attached hydrogen (secondary N) is 1. The van der Waals surface area contributed by atoms with Crippen LogP contribution in [-0.2, 0) is 33.9 Å². The number of hydrogen-bond acceptors (Lipinski definition) is 8. The topological polar surface area (TPSA) is 113 Å². The van der Waals surface area contributed by atoms with E-state index < -0.39 is 52.8 Å². The van der Waals surface area contributed by atoms with Crippen molar-refractivity contribution in [2.45, 2.75) is 122 Å². The number of hydrogen-bond donors (Lipinski definition) is 1. The fourth-order valence-electron chi connectivity index (χ4n) is 4.72. The van der Waals surface area contributed by atoms with Crippen molar-refractivity contribution < 1.29 is 36.9 Å². The lowest BCUT2D eigenvalue weighted by atomic mass is 10.1. The number of carbonyl (C=O) groups is 1. The molecule has 0 aromatic heterocycles. The Morgan fingerprint density at radius 2 is 1.71 bits per heavy atom. The van der Waals surface area contributed by atoms with Crippen LogP contribution in [0.1, 0.15) is 85.5 Å². The van der Waals surface area contributed by atoms with Gasteiger partial charge in [0.2, 0.25) is 0 Å². The predicted molar refractivity (Wildman–Crippen MR) is 125 cm³/mol. The van der Waals surface area contributed by atoms with Crippen LogP contribution in [-0.4, -0.2) is 75.0 Å². The molecule has 3 saturated heterocycles. The molecule has 0 unspecified atom stereocenters. The van der Waals surface area contributed by atoms with Crippen LogP contribution in [0.5, 0.6) is 0 Å². The van der Waals surface area contributed by atoms with Crippen molar-refractivity contribution in [3.63, 3.8) is 0 Å². The smallest absolute Gasteiger partial charge is 0.422 e. The van der Waals surface area contributed by atoms with E-state index in [0.29, 0.717) is 19.7 Å². The van der Waals surface area contributed by atoms with Gasteiger partial charge in [-0.15, -0.1) is 0 Å². The van der Waals surface area contributed by atoms with E-state index in [4.69, 9.17) is 23.7 Å². The Hall–Kier alpha value is -0.980. The minimum absolute atomic E-state index is 0.394. The maximum Gasteiger partial charge on any atom is 0.422 e. The standard InChI is InChI=1S/C23H42N2O8S/c1-5-6-7-10-13-16-29-21-20-19(32-23(3,4)33-20)18(31-21)17(2)30-22(26)24-34(27,28)25-14-11-8-9-12-15-25/h17-21H,5-16H2,1-4H3,(H,24,26)/t17-,18-,19+,20+,21+/m1/s1. The third-order valence-corrected chi connectivity index (χ3v) is 7.92. The summed E-state index contributed by atoms with van der Waals surface area (Å²) in [6.07, 6.45) is 5.05. The molecule has 198 valence electrons. The van der Waals surface area contributed by atoms with Crippen LogP contribution < -0.4 is 4.72 Å². The summed E-state index contributed by atoms with van der Waals surface area (Å²) in [6.45, 7) is 8.79. The molecule has 0 bridgehead atoms. The Balaban J connectivity index is 1.54. The van der Waals surface area contributed by atoms with Gasteiger partial charge in [-0.3, -0.25) is 0 Å². The molecular weight excluding hydrogens is 464 g/mol. The van der Waals surface area contributed by atoms with Gasteiger partial charge in [-0.25, -0.2) is 9.52 Å². The largest absolute Gasteiger partial charge is 0.443 e. The van der Waals surface area contributed by atoms with E-state index >= 15 is 0 Å². The molecule has 0 aromatic carbocycles. The van der Waals surface area contributed by atoms with Crippen LogP contribution in [0.25, 0.3) is 0 Å². The molecule has 34 heavy (non-hydrogen) atoms. The van der Waals surface area contributed by atoms with Gasteiger partial charge < -0.3 is 23.7 Å². The summed E-state index contributed by atoms with van der Waals surface area (Å²) in [4.78, 5) is 12.5. The lowest BCUT2D eigenvalue weighted by Crippen LogP contribution is -2.46. The second-order valence-corrected chi connectivity index (χ2v) is 11.5. The zero-order valence-electron chi connectivity index (χ0n) is 21.0. The van der Waals surface area contributed by atoms with Crippen LogP contribution >= 0.6 is 0 Å². The van der Waals surface area contributed by atoms with Gasteiger partial charge in [-0.05, 0) is 40.0 Å². The van der Waals surface area contributed by atoms with Crippen LogP contribution in [0.2, 0.25) is 0 Å². The van der Waals surface area contributed by atoms with Gasteiger partial charge in [0.15, 0.2) is 12.1 Å². The van der Waals surface area contributed by atoms with Crippen molar-refractivity contribution in [3.05, 3.63) is 0 Å². The number of rotatable bonds is 11. The average molecular weight is 507 g/mol. The van der Waals surface area contributed by atoms with E-state index in [1.807, 2.05) is 18.6 Å². The fraction of sp³-hybridized carbons (Fsp3) is 0.957. The first-order valence-electron chi connectivity index (χ1n) is 12.7. The number of unbranched alkanes of at least 4 members (excludes halogenated alkanes) is 4. The maximum atomic E-state index is 12.6. The molecule has 0 spiro atoms. The molecule has 1 amide bonds. The molecule has 3 heterocycles. The van der Waals surface area contributed by atoms with Crippen molar-refractivity contribution in [2.24, 2.45) is 0 Å². The Morgan fingerprint density at radius 1 is 1.06 bits per heavy atom. The van der Waals surface area contributed by atoms with Crippen molar-refractivity contribution in [1.82, 2.24) is 9.03 Å². The number of fused-ring (bicyclic) bond motifs is 1. The highest BCUT2D eigenvalue weighted by Crippen LogP contribution is 2.40. The predicted octanol–water partition coefficient (Wildman–Crippen LogP) is 3.45. The normalized spacial score (nSPS) is 30.5. The highest BCUT2D eigenvalue weighted by molar-refractivity contribution is 7.87. The summed E-state index contributed by atoms with van der Waals surface area (Å²) >= 11 is 0. The Labute approximate surface area is 204 Å². The molecule has 0 saturated carbocycles.